The fourth-order valence-corrected chi connectivity index (χ4v) is 4.50. The highest BCUT2D eigenvalue weighted by atomic mass is 35.5. The quantitative estimate of drug-likeness (QED) is 0.393. The zero-order valence-corrected chi connectivity index (χ0v) is 20.4. The van der Waals surface area contributed by atoms with Gasteiger partial charge in [0.15, 0.2) is 5.82 Å². The van der Waals surface area contributed by atoms with E-state index in [1.54, 1.807) is 0 Å². The molecule has 2 N–H and O–H groups in total. The SMILES string of the molecule is O=C1NOCC1NC(=S)c1cnc(C2=NCC(c3cc(C(F)(F)F)c(Cl)c(C(F)(F)F)c3)(C(F)(F)F)C2)nc1. The van der Waals surface area contributed by atoms with E-state index in [1.807, 2.05) is 0 Å². The fourth-order valence-electron chi connectivity index (χ4n) is 3.92. The summed E-state index contributed by atoms with van der Waals surface area (Å²) in [6.45, 7) is -1.25. The Balaban J connectivity index is 1.67. The molecule has 18 heteroatoms. The lowest BCUT2D eigenvalue weighted by Gasteiger charge is -2.32. The number of halogens is 10. The summed E-state index contributed by atoms with van der Waals surface area (Å²) >= 11 is 10.5. The summed E-state index contributed by atoms with van der Waals surface area (Å²) in [6, 6.07) is -0.896. The summed E-state index contributed by atoms with van der Waals surface area (Å²) < 4.78 is 124. The van der Waals surface area contributed by atoms with Crippen LogP contribution in [-0.2, 0) is 27.4 Å². The Morgan fingerprint density at radius 1 is 1.05 bits per heavy atom. The smallest absolute Gasteiger partial charge is 0.362 e. The predicted octanol–water partition coefficient (Wildman–Crippen LogP) is 4.56. The van der Waals surface area contributed by atoms with Gasteiger partial charge in [0.1, 0.15) is 23.1 Å². The molecule has 3 heterocycles. The number of carbonyl (C=O) groups excluding carboxylic acids is 1. The number of alkyl halides is 9. The van der Waals surface area contributed by atoms with E-state index in [1.165, 1.54) is 0 Å². The van der Waals surface area contributed by atoms with E-state index in [0.717, 1.165) is 12.4 Å². The molecule has 2 unspecified atom stereocenters. The van der Waals surface area contributed by atoms with E-state index in [9.17, 15) is 44.3 Å². The van der Waals surface area contributed by atoms with E-state index < -0.39 is 76.3 Å². The van der Waals surface area contributed by atoms with Crippen molar-refractivity contribution >= 4 is 40.4 Å². The van der Waals surface area contributed by atoms with Crippen LogP contribution in [0, 0.1) is 0 Å². The van der Waals surface area contributed by atoms with Crippen LogP contribution in [0.15, 0.2) is 29.5 Å². The molecule has 1 aromatic heterocycles. The van der Waals surface area contributed by atoms with E-state index in [2.05, 4.69) is 25.8 Å². The normalized spacial score (nSPS) is 22.1. The summed E-state index contributed by atoms with van der Waals surface area (Å²) in [7, 11) is 0. The van der Waals surface area contributed by atoms with Crippen LogP contribution < -0.4 is 10.8 Å². The second kappa shape index (κ2) is 9.85. The minimum Gasteiger partial charge on any atom is -0.362 e. The molecular formula is C21H13ClF9N5O2S. The van der Waals surface area contributed by atoms with Gasteiger partial charge in [0, 0.05) is 24.4 Å². The fraction of sp³-hybridized carbons (Fsp3) is 0.381. The van der Waals surface area contributed by atoms with Crippen molar-refractivity contribution in [3.05, 3.63) is 57.6 Å². The number of nitrogens with one attached hydrogen (secondary N) is 2. The molecule has 2 atom stereocenters. The first kappa shape index (κ1) is 28.9. The van der Waals surface area contributed by atoms with Crippen molar-refractivity contribution < 1.29 is 49.1 Å². The molecule has 1 aromatic carbocycles. The molecular weight excluding hydrogens is 593 g/mol. The number of benzene rings is 1. The molecule has 0 spiro atoms. The molecule has 2 aliphatic heterocycles. The number of hydrogen-bond acceptors (Lipinski definition) is 6. The van der Waals surface area contributed by atoms with Gasteiger partial charge in [-0.05, 0) is 17.7 Å². The van der Waals surface area contributed by atoms with Gasteiger partial charge in [0.25, 0.3) is 5.91 Å². The molecule has 2 aliphatic rings. The van der Waals surface area contributed by atoms with Crippen molar-refractivity contribution in [1.82, 2.24) is 20.8 Å². The Labute approximate surface area is 222 Å². The van der Waals surface area contributed by atoms with Gasteiger partial charge in [0.2, 0.25) is 0 Å². The lowest BCUT2D eigenvalue weighted by Crippen LogP contribution is -2.44. The van der Waals surface area contributed by atoms with E-state index >= 15 is 0 Å². The number of hydroxylamine groups is 1. The number of rotatable bonds is 4. The van der Waals surface area contributed by atoms with Crippen molar-refractivity contribution in [3.8, 4) is 0 Å². The van der Waals surface area contributed by atoms with Crippen molar-refractivity contribution in [2.75, 3.05) is 13.2 Å². The van der Waals surface area contributed by atoms with Crippen molar-refractivity contribution in [3.63, 3.8) is 0 Å². The largest absolute Gasteiger partial charge is 0.417 e. The summed E-state index contributed by atoms with van der Waals surface area (Å²) in [5.41, 5.74) is -6.82. The molecule has 0 aliphatic carbocycles. The van der Waals surface area contributed by atoms with Gasteiger partial charge in [-0.15, -0.1) is 0 Å². The summed E-state index contributed by atoms with van der Waals surface area (Å²) in [6.07, 6.45) is -15.2. The first-order chi connectivity index (χ1) is 17.9. The van der Waals surface area contributed by atoms with Crippen LogP contribution in [0.3, 0.4) is 0 Å². The maximum Gasteiger partial charge on any atom is 0.417 e. The van der Waals surface area contributed by atoms with E-state index in [0.29, 0.717) is 0 Å². The topological polar surface area (TPSA) is 88.5 Å². The molecule has 210 valence electrons. The third kappa shape index (κ3) is 5.51. The molecule has 1 amide bonds. The monoisotopic (exact) mass is 605 g/mol. The van der Waals surface area contributed by atoms with Gasteiger partial charge < -0.3 is 5.32 Å². The summed E-state index contributed by atoms with van der Waals surface area (Å²) in [5, 5.41) is 0.905. The molecule has 0 saturated carbocycles. The van der Waals surface area contributed by atoms with Crippen LogP contribution in [0.25, 0.3) is 0 Å². The molecule has 0 radical (unpaired) electrons. The Morgan fingerprint density at radius 3 is 2.08 bits per heavy atom. The maximum atomic E-state index is 14.4. The Morgan fingerprint density at radius 2 is 1.62 bits per heavy atom. The number of aliphatic imine (C=N–C) groups is 1. The van der Waals surface area contributed by atoms with Crippen molar-refractivity contribution in [2.24, 2.45) is 4.99 Å². The average molecular weight is 606 g/mol. The second-order valence-electron chi connectivity index (χ2n) is 8.50. The molecule has 2 aromatic rings. The highest BCUT2D eigenvalue weighted by molar-refractivity contribution is 7.80. The van der Waals surface area contributed by atoms with Gasteiger partial charge >= 0.3 is 18.5 Å². The van der Waals surface area contributed by atoms with Crippen molar-refractivity contribution in [2.45, 2.75) is 36.4 Å². The zero-order chi connectivity index (χ0) is 29.0. The minimum absolute atomic E-state index is 0.00530. The molecule has 1 fully saturated rings. The molecule has 1 saturated heterocycles. The first-order valence-corrected chi connectivity index (χ1v) is 11.4. The van der Waals surface area contributed by atoms with Gasteiger partial charge in [-0.3, -0.25) is 14.6 Å². The predicted molar refractivity (Wildman–Crippen MR) is 120 cm³/mol. The highest BCUT2D eigenvalue weighted by Crippen LogP contribution is 2.51. The second-order valence-corrected chi connectivity index (χ2v) is 9.29. The van der Waals surface area contributed by atoms with Crippen LogP contribution in [0.5, 0.6) is 0 Å². The molecule has 0 bridgehead atoms. The van der Waals surface area contributed by atoms with Crippen LogP contribution in [-0.4, -0.2) is 51.9 Å². The number of hydrogen-bond donors (Lipinski definition) is 2. The van der Waals surface area contributed by atoms with Crippen LogP contribution in [0.4, 0.5) is 39.5 Å². The summed E-state index contributed by atoms with van der Waals surface area (Å²) in [4.78, 5) is 27.8. The average Bonchev–Trinajstić information content (AvgIpc) is 3.45. The van der Waals surface area contributed by atoms with Gasteiger partial charge in [-0.1, -0.05) is 23.8 Å². The van der Waals surface area contributed by atoms with Gasteiger partial charge in [-0.25, -0.2) is 15.4 Å². The Hall–Kier alpha value is -3.05. The molecule has 7 nitrogen and oxygen atoms in total. The standard InChI is InChI=1S/C21H13ClF9N5O2S/c22-14-10(19(23,24)25)1-9(2-11(14)20(26,27)28)18(21(29,30)31)3-12(34-7-18)15-32-4-8(5-33-15)17(39)35-13-6-38-36-16(13)37/h1-2,4-5,13H,3,6-7H2,(H,35,39)(H,36,37). The third-order valence-electron chi connectivity index (χ3n) is 6.00. The van der Waals surface area contributed by atoms with E-state index in [-0.39, 0.29) is 35.1 Å². The Bertz CT molecular complexity index is 1310. The lowest BCUT2D eigenvalue weighted by atomic mass is 9.76. The first-order valence-electron chi connectivity index (χ1n) is 10.6. The number of amides is 1. The van der Waals surface area contributed by atoms with E-state index in [4.69, 9.17) is 28.7 Å². The highest BCUT2D eigenvalue weighted by Gasteiger charge is 2.60. The lowest BCUT2D eigenvalue weighted by molar-refractivity contribution is -0.184. The van der Waals surface area contributed by atoms with Crippen LogP contribution in [0.2, 0.25) is 5.02 Å². The van der Waals surface area contributed by atoms with Gasteiger partial charge in [-0.2, -0.15) is 39.5 Å². The third-order valence-corrected chi connectivity index (χ3v) is 6.77. The molecule has 4 rings (SSSR count). The number of thiocarbonyl (C=S) groups is 1. The zero-order valence-electron chi connectivity index (χ0n) is 18.9. The number of aromatic nitrogens is 2. The summed E-state index contributed by atoms with van der Waals surface area (Å²) in [5.74, 6) is -0.848. The maximum absolute atomic E-state index is 14.4. The Kier molecular flexibility index (Phi) is 7.31. The molecule has 39 heavy (non-hydrogen) atoms. The van der Waals surface area contributed by atoms with Crippen LogP contribution in [0.1, 0.15) is 34.5 Å². The number of carbonyl (C=O) groups is 1. The van der Waals surface area contributed by atoms with Crippen LogP contribution >= 0.6 is 23.8 Å². The number of nitrogens with zero attached hydrogens (tertiary/aromatic N) is 3. The van der Waals surface area contributed by atoms with Gasteiger partial charge in [0.05, 0.1) is 28.4 Å². The van der Waals surface area contributed by atoms with Crippen molar-refractivity contribution in [1.29, 1.82) is 0 Å². The minimum atomic E-state index is -5.47.